The van der Waals surface area contributed by atoms with Gasteiger partial charge in [0.2, 0.25) is 0 Å². The maximum Gasteiger partial charge on any atom is 0.0742 e. The van der Waals surface area contributed by atoms with E-state index in [-0.39, 0.29) is 55.0 Å². The molecule has 0 aromatic carbocycles. The van der Waals surface area contributed by atoms with Crippen molar-refractivity contribution in [2.75, 3.05) is 6.23 Å². The van der Waals surface area contributed by atoms with Crippen LogP contribution in [0.3, 0.4) is 0 Å². The Morgan fingerprint density at radius 1 is 1.10 bits per heavy atom. The van der Waals surface area contributed by atoms with Crippen LogP contribution in [0.1, 0.15) is 14.9 Å². The number of aliphatic hydroxyl groups excluding tert-OH is 1. The quantitative estimate of drug-likeness (QED) is 0.551. The topological polar surface area (TPSA) is 20.2 Å². The summed E-state index contributed by atoms with van der Waals surface area (Å²) in [4.78, 5) is 0. The maximum absolute atomic E-state index is 8.46. The summed E-state index contributed by atoms with van der Waals surface area (Å²) in [6, 6.07) is 0. The minimum Gasteiger partial charge on any atom is -0.400 e. The molecule has 0 aliphatic rings. The molecule has 0 fully saturated rings. The fourth-order valence-corrected chi connectivity index (χ4v) is 0. The minimum atomic E-state index is -1.08. The Morgan fingerprint density at radius 2 is 1.20 bits per heavy atom. The Labute approximate surface area is 93.5 Å². The molecule has 0 saturated carbocycles. The molecule has 0 aliphatic carbocycles. The summed E-state index contributed by atoms with van der Waals surface area (Å²) in [6.45, 7) is 6.40. The molecule has 0 heterocycles. The molecule has 0 unspecified atom stereocenters. The van der Waals surface area contributed by atoms with E-state index < -0.39 is 8.07 Å². The van der Waals surface area contributed by atoms with Crippen molar-refractivity contribution in [2.45, 2.75) is 34.5 Å². The molecule has 0 bridgehead atoms. The monoisotopic (exact) mass is 240 g/mol. The normalized spacial score (nSPS) is 7.20. The van der Waals surface area contributed by atoms with E-state index in [1.54, 1.807) is 0 Å². The molecule has 0 aromatic rings. The third-order valence-corrected chi connectivity index (χ3v) is 1.42. The first-order chi connectivity index (χ1) is 2.56. The van der Waals surface area contributed by atoms with E-state index in [0.717, 1.165) is 0 Å². The zero-order chi connectivity index (χ0) is 5.21. The molecule has 0 atom stereocenters. The molecule has 10 heavy (non-hydrogen) atoms. The van der Waals surface area contributed by atoms with E-state index in [2.05, 4.69) is 19.6 Å². The smallest absolute Gasteiger partial charge is 0.0742 e. The molecular formula is C7H23OSiY-. The van der Waals surface area contributed by atoms with Gasteiger partial charge in [-0.15, -0.1) is 0 Å². The van der Waals surface area contributed by atoms with Gasteiger partial charge >= 0.3 is 0 Å². The molecule has 0 rings (SSSR count). The third kappa shape index (κ3) is 34.7. The van der Waals surface area contributed by atoms with Crippen molar-refractivity contribution in [2.24, 2.45) is 0 Å². The van der Waals surface area contributed by atoms with E-state index in [9.17, 15) is 0 Å². The van der Waals surface area contributed by atoms with Gasteiger partial charge in [-0.3, -0.25) is 0 Å². The molecule has 0 spiro atoms. The van der Waals surface area contributed by atoms with Gasteiger partial charge in [-0.1, -0.05) is 34.5 Å². The summed E-state index contributed by atoms with van der Waals surface area (Å²) in [5.41, 5.74) is 0. The Balaban J connectivity index is -0.0000000208. The summed E-state index contributed by atoms with van der Waals surface area (Å²) in [6.07, 6.45) is 0.410. The largest absolute Gasteiger partial charge is 0.400 e. The number of hydrogen-bond acceptors (Lipinski definition) is 1. The fourth-order valence-electron chi connectivity index (χ4n) is 0. The van der Waals surface area contributed by atoms with E-state index in [1.807, 2.05) is 0 Å². The third-order valence-electron chi connectivity index (χ3n) is 0.474. The van der Waals surface area contributed by atoms with Crippen molar-refractivity contribution in [3.63, 3.8) is 0 Å². The Bertz CT molecular complexity index is 43.4. The van der Waals surface area contributed by atoms with E-state index in [0.29, 0.717) is 6.23 Å². The van der Waals surface area contributed by atoms with Crippen molar-refractivity contribution in [1.29, 1.82) is 0 Å². The molecular weight excluding hydrogens is 217 g/mol. The van der Waals surface area contributed by atoms with Crippen molar-refractivity contribution in [3.8, 4) is 0 Å². The van der Waals surface area contributed by atoms with Crippen LogP contribution in [0.4, 0.5) is 0 Å². The summed E-state index contributed by atoms with van der Waals surface area (Å²) in [5.74, 6) is 0. The molecule has 65 valence electrons. The van der Waals surface area contributed by atoms with Crippen LogP contribution < -0.4 is 0 Å². The molecule has 1 nitrogen and oxygen atoms in total. The van der Waals surface area contributed by atoms with Gasteiger partial charge in [-0.25, -0.2) is 0 Å². The zero-order valence-electron chi connectivity index (χ0n) is 6.23. The van der Waals surface area contributed by atoms with Gasteiger partial charge in [0.25, 0.3) is 0 Å². The second-order valence-electron chi connectivity index (χ2n) is 2.72. The van der Waals surface area contributed by atoms with Gasteiger partial charge in [0.1, 0.15) is 0 Å². The van der Waals surface area contributed by atoms with E-state index in [4.69, 9.17) is 5.11 Å². The molecule has 0 saturated heterocycles. The molecule has 0 aliphatic heterocycles. The zero-order valence-corrected chi connectivity index (χ0v) is 10.1. The number of hydrogen-bond donors (Lipinski definition) is 1. The van der Waals surface area contributed by atoms with Crippen LogP contribution in [-0.2, 0) is 32.7 Å². The predicted molar refractivity (Wildman–Crippen MR) is 50.3 cm³/mol. The van der Waals surface area contributed by atoms with Crippen LogP contribution in [-0.4, -0.2) is 19.4 Å². The molecule has 1 N–H and O–H groups in total. The first kappa shape index (κ1) is 30.2. The van der Waals surface area contributed by atoms with Gasteiger partial charge in [-0.05, 0) is 0 Å². The molecule has 3 heteroatoms. The van der Waals surface area contributed by atoms with Crippen molar-refractivity contribution in [1.82, 2.24) is 0 Å². The Hall–Kier alpha value is 1.28. The van der Waals surface area contributed by atoms with Gasteiger partial charge in [0.15, 0.2) is 0 Å². The number of aliphatic hydroxyl groups is 1. The van der Waals surface area contributed by atoms with Crippen LogP contribution in [0, 0.1) is 7.43 Å². The predicted octanol–water partition coefficient (Wildman–Crippen LogP) is 2.58. The summed E-state index contributed by atoms with van der Waals surface area (Å²) in [7, 11) is -1.08. The molecule has 0 amide bonds. The van der Waals surface area contributed by atoms with Crippen LogP contribution in [0.5, 0.6) is 0 Å². The molecule has 0 aromatic heterocycles. The minimum absolute atomic E-state index is 0. The van der Waals surface area contributed by atoms with Crippen LogP contribution >= 0.6 is 0 Å². The van der Waals surface area contributed by atoms with Crippen LogP contribution in [0.2, 0.25) is 19.6 Å². The van der Waals surface area contributed by atoms with Crippen LogP contribution in [0.25, 0.3) is 0 Å². The molecule has 1 radical (unpaired) electrons. The first-order valence-corrected chi connectivity index (χ1v) is 5.88. The Kier molecular flexibility index (Phi) is 39.0. The number of rotatable bonds is 1. The van der Waals surface area contributed by atoms with E-state index in [1.165, 1.54) is 0 Å². The van der Waals surface area contributed by atoms with Gasteiger partial charge < -0.3 is 12.5 Å². The SMILES string of the molecule is C.C.C[Si](C)(C)CO.[CH3-].[Y]. The second kappa shape index (κ2) is 12.9. The van der Waals surface area contributed by atoms with E-state index >= 15 is 0 Å². The van der Waals surface area contributed by atoms with Crippen molar-refractivity contribution in [3.05, 3.63) is 7.43 Å². The average molecular weight is 240 g/mol. The van der Waals surface area contributed by atoms with Gasteiger partial charge in [0.05, 0.1) is 8.07 Å². The second-order valence-corrected chi connectivity index (χ2v) is 8.16. The van der Waals surface area contributed by atoms with Crippen molar-refractivity contribution < 1.29 is 37.8 Å². The van der Waals surface area contributed by atoms with Gasteiger partial charge in [-0.2, -0.15) is 0 Å². The maximum atomic E-state index is 8.46. The van der Waals surface area contributed by atoms with Crippen molar-refractivity contribution >= 4 is 8.07 Å². The Morgan fingerprint density at radius 3 is 1.20 bits per heavy atom. The average Bonchev–Trinajstić information content (AvgIpc) is 1.35. The summed E-state index contributed by atoms with van der Waals surface area (Å²) in [5, 5.41) is 8.46. The standard InChI is InChI=1S/C4H12OSi.2CH4.CH3.Y/c1-6(2,3)4-5;;;;/h5H,4H2,1-3H3;2*1H4;1H3;/q;;;-1;. The fraction of sp³-hybridized carbons (Fsp3) is 0.857. The summed E-state index contributed by atoms with van der Waals surface area (Å²) >= 11 is 0. The van der Waals surface area contributed by atoms with Crippen LogP contribution in [0.15, 0.2) is 0 Å². The summed E-state index contributed by atoms with van der Waals surface area (Å²) < 4.78 is 0. The first-order valence-electron chi connectivity index (χ1n) is 2.17. The van der Waals surface area contributed by atoms with Gasteiger partial charge in [0, 0.05) is 38.9 Å².